The molecule has 1 rings (SSSR count). The summed E-state index contributed by atoms with van der Waals surface area (Å²) in [5, 5.41) is 29.9. The van der Waals surface area contributed by atoms with Crippen LogP contribution in [0.1, 0.15) is 10.4 Å². The minimum atomic E-state index is -1.07. The highest BCUT2D eigenvalue weighted by Gasteiger charge is 2.07. The summed E-state index contributed by atoms with van der Waals surface area (Å²) >= 11 is 0. The Morgan fingerprint density at radius 2 is 2.19 bits per heavy atom. The van der Waals surface area contributed by atoms with Crippen LogP contribution in [0.15, 0.2) is 29.4 Å². The number of aliphatic hydroxyl groups is 2. The third kappa shape index (κ3) is 3.34. The summed E-state index contributed by atoms with van der Waals surface area (Å²) in [6.07, 6.45) is 0.0167. The number of hydrogen-bond acceptors (Lipinski definition) is 5. The fourth-order valence-electron chi connectivity index (χ4n) is 1.01. The van der Waals surface area contributed by atoms with E-state index in [0.29, 0.717) is 5.69 Å². The Bertz CT molecular complexity index is 392. The van der Waals surface area contributed by atoms with Gasteiger partial charge < -0.3 is 15.3 Å². The van der Waals surface area contributed by atoms with Crippen LogP contribution in [0.3, 0.4) is 0 Å². The van der Waals surface area contributed by atoms with E-state index in [-0.39, 0.29) is 5.56 Å². The molecule has 0 spiro atoms. The molecule has 4 N–H and O–H groups in total. The fraction of sp³-hybridized carbons (Fsp3) is 0.200. The lowest BCUT2D eigenvalue weighted by Gasteiger charge is -2.04. The smallest absolute Gasteiger partial charge is 0.337 e. The number of nitrogens with zero attached hydrogens (tertiary/aromatic N) is 1. The Labute approximate surface area is 91.9 Å². The summed E-state index contributed by atoms with van der Waals surface area (Å²) in [7, 11) is 0. The largest absolute Gasteiger partial charge is 0.478 e. The van der Waals surface area contributed by atoms with Crippen LogP contribution >= 0.6 is 0 Å². The minimum Gasteiger partial charge on any atom is -0.478 e. The minimum absolute atomic E-state index is 0.0816. The van der Waals surface area contributed by atoms with Crippen LogP contribution in [-0.2, 0) is 0 Å². The maximum atomic E-state index is 10.8. The summed E-state index contributed by atoms with van der Waals surface area (Å²) in [5.41, 5.74) is 2.88. The number of carboxylic acids is 1. The van der Waals surface area contributed by atoms with E-state index in [1.165, 1.54) is 6.07 Å². The maximum Gasteiger partial charge on any atom is 0.337 e. The first-order valence-corrected chi connectivity index (χ1v) is 4.55. The molecule has 0 aromatic heterocycles. The van der Waals surface area contributed by atoms with E-state index in [1.807, 2.05) is 0 Å². The Morgan fingerprint density at radius 1 is 1.50 bits per heavy atom. The van der Waals surface area contributed by atoms with E-state index in [0.717, 1.165) is 6.21 Å². The van der Waals surface area contributed by atoms with Gasteiger partial charge in [-0.05, 0) is 12.1 Å². The Balaban J connectivity index is 2.74. The van der Waals surface area contributed by atoms with Crippen LogP contribution in [0.2, 0.25) is 0 Å². The highest BCUT2D eigenvalue weighted by Crippen LogP contribution is 2.14. The molecule has 0 bridgehead atoms. The van der Waals surface area contributed by atoms with Gasteiger partial charge in [0.1, 0.15) is 6.10 Å². The second-order valence-corrected chi connectivity index (χ2v) is 2.99. The molecule has 1 atom stereocenters. The van der Waals surface area contributed by atoms with E-state index in [2.05, 4.69) is 10.5 Å². The molecule has 0 aliphatic heterocycles. The van der Waals surface area contributed by atoms with Crippen molar-refractivity contribution in [2.75, 3.05) is 12.0 Å². The molecule has 1 aromatic rings. The predicted octanol–water partition coefficient (Wildman–Crippen LogP) is 0.136. The first-order valence-electron chi connectivity index (χ1n) is 4.55. The maximum absolute atomic E-state index is 10.8. The lowest BCUT2D eigenvalue weighted by atomic mass is 10.2. The molecule has 86 valence electrons. The number of para-hydroxylation sites is 1. The van der Waals surface area contributed by atoms with Crippen LogP contribution in [0.25, 0.3) is 0 Å². The normalized spacial score (nSPS) is 12.6. The zero-order valence-corrected chi connectivity index (χ0v) is 8.37. The average Bonchev–Trinajstić information content (AvgIpc) is 2.29. The van der Waals surface area contributed by atoms with Gasteiger partial charge in [0.05, 0.1) is 24.1 Å². The van der Waals surface area contributed by atoms with E-state index in [1.54, 1.807) is 18.2 Å². The summed E-state index contributed by atoms with van der Waals surface area (Å²) in [5.74, 6) is -1.07. The van der Waals surface area contributed by atoms with Gasteiger partial charge in [0.25, 0.3) is 0 Å². The van der Waals surface area contributed by atoms with Crippen molar-refractivity contribution in [3.8, 4) is 0 Å². The third-order valence-corrected chi connectivity index (χ3v) is 1.78. The summed E-state index contributed by atoms with van der Waals surface area (Å²) in [6.45, 7) is -0.439. The number of carbonyl (C=O) groups is 1. The zero-order valence-electron chi connectivity index (χ0n) is 8.37. The molecule has 0 amide bonds. The van der Waals surface area contributed by atoms with Crippen molar-refractivity contribution in [1.29, 1.82) is 0 Å². The second kappa shape index (κ2) is 5.84. The van der Waals surface area contributed by atoms with Crippen LogP contribution in [0, 0.1) is 0 Å². The summed E-state index contributed by atoms with van der Waals surface area (Å²) in [6, 6.07) is 6.24. The van der Waals surface area contributed by atoms with Gasteiger partial charge in [-0.15, -0.1) is 0 Å². The van der Waals surface area contributed by atoms with Gasteiger partial charge in [-0.3, -0.25) is 5.43 Å². The predicted molar refractivity (Wildman–Crippen MR) is 58.6 cm³/mol. The molecule has 0 aliphatic rings. The first-order chi connectivity index (χ1) is 7.65. The van der Waals surface area contributed by atoms with Crippen molar-refractivity contribution in [1.82, 2.24) is 0 Å². The number of benzene rings is 1. The molecule has 0 aliphatic carbocycles. The first kappa shape index (κ1) is 12.2. The van der Waals surface area contributed by atoms with Gasteiger partial charge in [-0.2, -0.15) is 5.10 Å². The molecule has 16 heavy (non-hydrogen) atoms. The number of nitrogens with one attached hydrogen (secondary N) is 1. The highest BCUT2D eigenvalue weighted by molar-refractivity contribution is 5.94. The summed E-state index contributed by atoms with van der Waals surface area (Å²) < 4.78 is 0. The van der Waals surface area contributed by atoms with Crippen molar-refractivity contribution in [2.45, 2.75) is 6.10 Å². The van der Waals surface area contributed by atoms with Crippen molar-refractivity contribution in [3.63, 3.8) is 0 Å². The lowest BCUT2D eigenvalue weighted by molar-refractivity contribution is 0.0698. The number of anilines is 1. The Morgan fingerprint density at radius 3 is 2.81 bits per heavy atom. The van der Waals surface area contributed by atoms with Gasteiger partial charge >= 0.3 is 5.97 Å². The number of rotatable bonds is 5. The van der Waals surface area contributed by atoms with Crippen LogP contribution < -0.4 is 5.43 Å². The molecule has 0 saturated heterocycles. The van der Waals surface area contributed by atoms with E-state index >= 15 is 0 Å². The van der Waals surface area contributed by atoms with Gasteiger partial charge in [0, 0.05) is 0 Å². The molecule has 0 heterocycles. The lowest BCUT2D eigenvalue weighted by Crippen LogP contribution is -2.14. The zero-order chi connectivity index (χ0) is 12.0. The van der Waals surface area contributed by atoms with Crippen molar-refractivity contribution >= 4 is 17.9 Å². The van der Waals surface area contributed by atoms with Gasteiger partial charge in [-0.25, -0.2) is 4.79 Å². The number of hydrazone groups is 1. The Kier molecular flexibility index (Phi) is 4.43. The van der Waals surface area contributed by atoms with Crippen molar-refractivity contribution < 1.29 is 20.1 Å². The summed E-state index contributed by atoms with van der Waals surface area (Å²) in [4.78, 5) is 10.8. The topological polar surface area (TPSA) is 102 Å². The van der Waals surface area contributed by atoms with Crippen LogP contribution in [0.5, 0.6) is 0 Å². The average molecular weight is 224 g/mol. The van der Waals surface area contributed by atoms with Gasteiger partial charge in [0.15, 0.2) is 0 Å². The molecular weight excluding hydrogens is 212 g/mol. The molecule has 6 heteroatoms. The quantitative estimate of drug-likeness (QED) is 0.420. The number of hydrogen-bond donors (Lipinski definition) is 4. The highest BCUT2D eigenvalue weighted by atomic mass is 16.4. The number of aliphatic hydroxyl groups excluding tert-OH is 2. The monoisotopic (exact) mass is 224 g/mol. The molecule has 0 radical (unpaired) electrons. The van der Waals surface area contributed by atoms with E-state index in [9.17, 15) is 4.79 Å². The SMILES string of the molecule is O=C(O)c1ccccc1NN=CC(O)CO. The molecule has 6 nitrogen and oxygen atoms in total. The van der Waals surface area contributed by atoms with Crippen molar-refractivity contribution in [2.24, 2.45) is 5.10 Å². The third-order valence-electron chi connectivity index (χ3n) is 1.78. The molecular formula is C10H12N2O4. The molecule has 0 saturated carbocycles. The fourth-order valence-corrected chi connectivity index (χ4v) is 1.01. The Hall–Kier alpha value is -1.92. The van der Waals surface area contributed by atoms with Gasteiger partial charge in [-0.1, -0.05) is 12.1 Å². The number of aromatic carboxylic acids is 1. The molecule has 1 unspecified atom stereocenters. The molecule has 0 fully saturated rings. The second-order valence-electron chi connectivity index (χ2n) is 2.99. The van der Waals surface area contributed by atoms with Gasteiger partial charge in [0.2, 0.25) is 0 Å². The van der Waals surface area contributed by atoms with E-state index in [4.69, 9.17) is 15.3 Å². The standard InChI is InChI=1S/C10H12N2O4/c13-6-7(14)5-11-12-9-4-2-1-3-8(9)10(15)16/h1-5,7,12-14H,6H2,(H,15,16). The van der Waals surface area contributed by atoms with Crippen molar-refractivity contribution in [3.05, 3.63) is 29.8 Å². The van der Waals surface area contributed by atoms with E-state index < -0.39 is 18.7 Å². The van der Waals surface area contributed by atoms with Crippen LogP contribution in [-0.4, -0.2) is 40.2 Å². The van der Waals surface area contributed by atoms with Crippen LogP contribution in [0.4, 0.5) is 5.69 Å². The molecule has 1 aromatic carbocycles. The number of carboxylic acid groups (broad SMARTS) is 1.